The Morgan fingerprint density at radius 1 is 1.27 bits per heavy atom. The van der Waals surface area contributed by atoms with E-state index in [4.69, 9.17) is 4.74 Å². The minimum atomic E-state index is 0.113. The van der Waals surface area contributed by atoms with Gasteiger partial charge < -0.3 is 15.2 Å². The van der Waals surface area contributed by atoms with Gasteiger partial charge in [0.15, 0.2) is 0 Å². The summed E-state index contributed by atoms with van der Waals surface area (Å²) in [6.45, 7) is 3.09. The molecule has 2 aromatic heterocycles. The molecule has 0 amide bonds. The zero-order valence-corrected chi connectivity index (χ0v) is 14.5. The molecule has 1 fully saturated rings. The fourth-order valence-corrected chi connectivity index (χ4v) is 3.26. The maximum atomic E-state index is 10.5. The van der Waals surface area contributed by atoms with Gasteiger partial charge in [0.25, 0.3) is 0 Å². The Bertz CT molecular complexity index is 881. The molecule has 26 heavy (non-hydrogen) atoms. The quantitative estimate of drug-likeness (QED) is 0.751. The minimum absolute atomic E-state index is 0.113. The lowest BCUT2D eigenvalue weighted by Crippen LogP contribution is -2.40. The Hall–Kier alpha value is -2.93. The molecule has 0 saturated carbocycles. The lowest BCUT2D eigenvalue weighted by atomic mass is 10.0. The van der Waals surface area contributed by atoms with Crippen LogP contribution in [0.5, 0.6) is 11.5 Å². The summed E-state index contributed by atoms with van der Waals surface area (Å²) in [7, 11) is 0. The number of ether oxygens (including phenoxy) is 1. The van der Waals surface area contributed by atoms with Crippen LogP contribution in [0.15, 0.2) is 48.9 Å². The monoisotopic (exact) mass is 351 g/mol. The number of benzene rings is 1. The third-order valence-electron chi connectivity index (χ3n) is 4.56. The number of piperidine rings is 1. The zero-order valence-electron chi connectivity index (χ0n) is 14.5. The predicted molar refractivity (Wildman–Crippen MR) is 97.4 cm³/mol. The van der Waals surface area contributed by atoms with Gasteiger partial charge >= 0.3 is 0 Å². The molecule has 2 N–H and O–H groups in total. The van der Waals surface area contributed by atoms with E-state index in [1.165, 1.54) is 0 Å². The van der Waals surface area contributed by atoms with Crippen LogP contribution in [0.2, 0.25) is 0 Å². The van der Waals surface area contributed by atoms with Crippen LogP contribution in [0.3, 0.4) is 0 Å². The maximum Gasteiger partial charge on any atom is 0.149 e. The number of hydrogen-bond donors (Lipinski definition) is 2. The van der Waals surface area contributed by atoms with E-state index < -0.39 is 0 Å². The number of rotatable bonds is 4. The van der Waals surface area contributed by atoms with E-state index in [0.717, 1.165) is 25.1 Å². The van der Waals surface area contributed by atoms with Crippen LogP contribution < -0.4 is 10.1 Å². The van der Waals surface area contributed by atoms with Crippen molar-refractivity contribution in [3.63, 3.8) is 0 Å². The van der Waals surface area contributed by atoms with E-state index in [9.17, 15) is 5.11 Å². The van der Waals surface area contributed by atoms with Crippen molar-refractivity contribution in [1.82, 2.24) is 25.3 Å². The largest absolute Gasteiger partial charge is 0.507 e. The zero-order chi connectivity index (χ0) is 17.9. The number of nitrogens with one attached hydrogen (secondary N) is 1. The molecule has 0 radical (unpaired) electrons. The number of hydrogen-bond acceptors (Lipinski definition) is 6. The molecule has 1 aliphatic heterocycles. The van der Waals surface area contributed by atoms with E-state index in [0.29, 0.717) is 23.0 Å². The third kappa shape index (κ3) is 3.39. The molecule has 0 bridgehead atoms. The Morgan fingerprint density at radius 2 is 2.19 bits per heavy atom. The summed E-state index contributed by atoms with van der Waals surface area (Å²) in [6.07, 6.45) is 7.13. The first-order valence-electron chi connectivity index (χ1n) is 8.76. The van der Waals surface area contributed by atoms with Crippen LogP contribution in [0.4, 0.5) is 0 Å². The van der Waals surface area contributed by atoms with Crippen LogP contribution in [0.1, 0.15) is 19.8 Å². The third-order valence-corrected chi connectivity index (χ3v) is 4.56. The summed E-state index contributed by atoms with van der Waals surface area (Å²) in [5.41, 5.74) is 1.91. The SMILES string of the molecule is CC1CC(Oc2ccnnc2-c2ccc(-n3cccn3)cc2O)CCN1. The van der Waals surface area contributed by atoms with Crippen molar-refractivity contribution in [2.24, 2.45) is 0 Å². The fraction of sp³-hybridized carbons (Fsp3) is 0.316. The molecule has 3 aromatic rings. The molecule has 7 heteroatoms. The van der Waals surface area contributed by atoms with Gasteiger partial charge in [0.05, 0.1) is 11.9 Å². The first-order chi connectivity index (χ1) is 12.7. The highest BCUT2D eigenvalue weighted by Crippen LogP contribution is 2.35. The Morgan fingerprint density at radius 3 is 2.96 bits per heavy atom. The number of phenols is 1. The van der Waals surface area contributed by atoms with E-state index in [1.807, 2.05) is 24.4 Å². The summed E-state index contributed by atoms with van der Waals surface area (Å²) >= 11 is 0. The average molecular weight is 351 g/mol. The molecule has 0 aliphatic carbocycles. The molecule has 1 saturated heterocycles. The van der Waals surface area contributed by atoms with Crippen LogP contribution in [0.25, 0.3) is 16.9 Å². The Kier molecular flexibility index (Phi) is 4.53. The highest BCUT2D eigenvalue weighted by Gasteiger charge is 2.22. The van der Waals surface area contributed by atoms with Crippen LogP contribution in [-0.4, -0.2) is 43.8 Å². The predicted octanol–water partition coefficient (Wildman–Crippen LogP) is 2.55. The van der Waals surface area contributed by atoms with Crippen molar-refractivity contribution >= 4 is 0 Å². The minimum Gasteiger partial charge on any atom is -0.507 e. The highest BCUT2D eigenvalue weighted by atomic mass is 16.5. The van der Waals surface area contributed by atoms with Gasteiger partial charge in [-0.25, -0.2) is 4.68 Å². The van der Waals surface area contributed by atoms with Crippen molar-refractivity contribution in [3.8, 4) is 28.4 Å². The van der Waals surface area contributed by atoms with Gasteiger partial charge in [-0.3, -0.25) is 0 Å². The van der Waals surface area contributed by atoms with Crippen molar-refractivity contribution in [3.05, 3.63) is 48.9 Å². The lowest BCUT2D eigenvalue weighted by Gasteiger charge is -2.29. The van der Waals surface area contributed by atoms with Gasteiger partial charge in [0.2, 0.25) is 0 Å². The average Bonchev–Trinajstić information content (AvgIpc) is 3.17. The number of phenolic OH excluding ortho intramolecular Hbond substituents is 1. The van der Waals surface area contributed by atoms with Gasteiger partial charge in [0, 0.05) is 36.1 Å². The van der Waals surface area contributed by atoms with E-state index in [2.05, 4.69) is 27.5 Å². The molecule has 1 aromatic carbocycles. The topological polar surface area (TPSA) is 85.1 Å². The molecule has 2 atom stereocenters. The molecule has 7 nitrogen and oxygen atoms in total. The van der Waals surface area contributed by atoms with Gasteiger partial charge in [-0.15, -0.1) is 5.10 Å². The molecule has 3 heterocycles. The van der Waals surface area contributed by atoms with Crippen molar-refractivity contribution in [1.29, 1.82) is 0 Å². The standard InChI is InChI=1S/C19H21N5O2/c1-13-11-15(5-8-20-13)26-18-6-9-21-23-19(18)16-4-3-14(12-17(16)25)24-10-2-7-22-24/h2-4,6-7,9-10,12-13,15,20,25H,5,8,11H2,1H3. The molecular formula is C19H21N5O2. The van der Waals surface area contributed by atoms with Crippen molar-refractivity contribution in [2.75, 3.05) is 6.54 Å². The van der Waals surface area contributed by atoms with E-state index in [-0.39, 0.29) is 11.9 Å². The smallest absolute Gasteiger partial charge is 0.149 e. The first-order valence-corrected chi connectivity index (χ1v) is 8.76. The fourth-order valence-electron chi connectivity index (χ4n) is 3.26. The molecular weight excluding hydrogens is 330 g/mol. The summed E-state index contributed by atoms with van der Waals surface area (Å²) < 4.78 is 7.89. The van der Waals surface area contributed by atoms with Gasteiger partial charge in [-0.1, -0.05) is 0 Å². The van der Waals surface area contributed by atoms with E-state index >= 15 is 0 Å². The summed E-state index contributed by atoms with van der Waals surface area (Å²) in [6, 6.07) is 9.42. The van der Waals surface area contributed by atoms with Crippen LogP contribution in [-0.2, 0) is 0 Å². The maximum absolute atomic E-state index is 10.5. The molecule has 1 aliphatic rings. The summed E-state index contributed by atoms with van der Waals surface area (Å²) in [5, 5.41) is 26.3. The second kappa shape index (κ2) is 7.13. The Labute approximate surface area is 151 Å². The van der Waals surface area contributed by atoms with Crippen LogP contribution in [0, 0.1) is 0 Å². The van der Waals surface area contributed by atoms with E-state index in [1.54, 1.807) is 29.2 Å². The van der Waals surface area contributed by atoms with Crippen molar-refractivity contribution < 1.29 is 9.84 Å². The lowest BCUT2D eigenvalue weighted by molar-refractivity contribution is 0.144. The number of nitrogens with zero attached hydrogens (tertiary/aromatic N) is 4. The van der Waals surface area contributed by atoms with Gasteiger partial charge in [0.1, 0.15) is 23.3 Å². The second-order valence-electron chi connectivity index (χ2n) is 6.52. The number of aromatic hydroxyl groups is 1. The normalized spacial score (nSPS) is 20.0. The summed E-state index contributed by atoms with van der Waals surface area (Å²) in [5.74, 6) is 0.753. The van der Waals surface area contributed by atoms with Gasteiger partial charge in [-0.05, 0) is 44.5 Å². The highest BCUT2D eigenvalue weighted by molar-refractivity contribution is 5.73. The Balaban J connectivity index is 1.63. The molecule has 0 spiro atoms. The summed E-state index contributed by atoms with van der Waals surface area (Å²) in [4.78, 5) is 0. The number of aromatic nitrogens is 4. The molecule has 2 unspecified atom stereocenters. The first kappa shape index (κ1) is 16.5. The van der Waals surface area contributed by atoms with Crippen LogP contribution >= 0.6 is 0 Å². The second-order valence-corrected chi connectivity index (χ2v) is 6.52. The van der Waals surface area contributed by atoms with Gasteiger partial charge in [-0.2, -0.15) is 10.2 Å². The molecule has 134 valence electrons. The molecule has 4 rings (SSSR count). The van der Waals surface area contributed by atoms with Crippen molar-refractivity contribution in [2.45, 2.75) is 31.9 Å².